The molecular weight excluding hydrogens is 234 g/mol. The maximum absolute atomic E-state index is 11.0. The first-order valence-corrected chi connectivity index (χ1v) is 6.16. The van der Waals surface area contributed by atoms with Crippen molar-refractivity contribution in [1.82, 2.24) is 6.15 Å². The standard InChI is InChI=1S/C9H16O5S.H3N/c1-4-7-15(11,12)14-6-5-13-9(10)8(2)3;/h2,4-7H2,1,3H3;1H3. The Morgan fingerprint density at radius 3 is 2.31 bits per heavy atom. The maximum atomic E-state index is 11.0. The lowest BCUT2D eigenvalue weighted by Crippen LogP contribution is -2.16. The predicted octanol–water partition coefficient (Wildman–Crippen LogP) is 1.02. The van der Waals surface area contributed by atoms with Crippen LogP contribution in [0.4, 0.5) is 0 Å². The lowest BCUT2D eigenvalue weighted by molar-refractivity contribution is -0.139. The van der Waals surface area contributed by atoms with Crippen LogP contribution in [0.15, 0.2) is 12.2 Å². The Morgan fingerprint density at radius 1 is 1.31 bits per heavy atom. The summed E-state index contributed by atoms with van der Waals surface area (Å²) in [7, 11) is -3.46. The molecule has 3 N–H and O–H groups in total. The Balaban J connectivity index is 0. The average molecular weight is 253 g/mol. The van der Waals surface area contributed by atoms with E-state index in [1.807, 2.05) is 0 Å². The summed E-state index contributed by atoms with van der Waals surface area (Å²) >= 11 is 0. The van der Waals surface area contributed by atoms with Crippen molar-refractivity contribution >= 4 is 16.1 Å². The third kappa shape index (κ3) is 8.39. The highest BCUT2D eigenvalue weighted by molar-refractivity contribution is 7.86. The van der Waals surface area contributed by atoms with Crippen LogP contribution in [0.2, 0.25) is 0 Å². The SMILES string of the molecule is C=C(C)C(=O)OCCOS(=O)(=O)CCC.N. The van der Waals surface area contributed by atoms with E-state index in [-0.39, 0.29) is 30.7 Å². The number of ether oxygens (including phenoxy) is 1. The molecule has 0 aromatic carbocycles. The molecule has 0 aromatic rings. The molecule has 0 unspecified atom stereocenters. The van der Waals surface area contributed by atoms with Crippen molar-refractivity contribution in [3.63, 3.8) is 0 Å². The molecule has 0 radical (unpaired) electrons. The first kappa shape index (κ1) is 17.5. The molecule has 0 amide bonds. The van der Waals surface area contributed by atoms with Crippen molar-refractivity contribution < 1.29 is 22.1 Å². The Labute approximate surface area is 96.3 Å². The van der Waals surface area contributed by atoms with Crippen LogP contribution in [0, 0.1) is 0 Å². The van der Waals surface area contributed by atoms with Gasteiger partial charge in [0.15, 0.2) is 0 Å². The van der Waals surface area contributed by atoms with Gasteiger partial charge in [0.2, 0.25) is 0 Å². The minimum absolute atomic E-state index is 0. The zero-order valence-corrected chi connectivity index (χ0v) is 10.5. The second-order valence-corrected chi connectivity index (χ2v) is 4.76. The van der Waals surface area contributed by atoms with Gasteiger partial charge in [-0.15, -0.1) is 0 Å². The first-order valence-electron chi connectivity index (χ1n) is 4.58. The lowest BCUT2D eigenvalue weighted by Gasteiger charge is -2.05. The van der Waals surface area contributed by atoms with Gasteiger partial charge in [-0.25, -0.2) is 4.79 Å². The highest BCUT2D eigenvalue weighted by Gasteiger charge is 2.09. The molecule has 0 bridgehead atoms. The van der Waals surface area contributed by atoms with Crippen molar-refractivity contribution in [1.29, 1.82) is 0 Å². The molecule has 0 heterocycles. The molecule has 7 heteroatoms. The molecule has 0 rings (SSSR count). The summed E-state index contributed by atoms with van der Waals surface area (Å²) in [4.78, 5) is 10.9. The summed E-state index contributed by atoms with van der Waals surface area (Å²) in [6, 6.07) is 0. The summed E-state index contributed by atoms with van der Waals surface area (Å²) in [5.74, 6) is -0.576. The van der Waals surface area contributed by atoms with Crippen molar-refractivity contribution in [3.05, 3.63) is 12.2 Å². The second kappa shape index (κ2) is 8.26. The molecule has 16 heavy (non-hydrogen) atoms. The molecule has 96 valence electrons. The topological polar surface area (TPSA) is 105 Å². The molecule has 6 nitrogen and oxygen atoms in total. The Morgan fingerprint density at radius 2 is 1.88 bits per heavy atom. The van der Waals surface area contributed by atoms with Crippen molar-refractivity contribution in [2.75, 3.05) is 19.0 Å². The van der Waals surface area contributed by atoms with Crippen LogP contribution in [-0.4, -0.2) is 33.4 Å². The quantitative estimate of drug-likeness (QED) is 0.314. The van der Waals surface area contributed by atoms with E-state index in [0.29, 0.717) is 6.42 Å². The summed E-state index contributed by atoms with van der Waals surface area (Å²) in [6.07, 6.45) is 0.494. The monoisotopic (exact) mass is 253 g/mol. The molecule has 0 spiro atoms. The van der Waals surface area contributed by atoms with E-state index in [1.165, 1.54) is 6.92 Å². The van der Waals surface area contributed by atoms with E-state index in [2.05, 4.69) is 15.5 Å². The van der Waals surface area contributed by atoms with Crippen LogP contribution in [0.5, 0.6) is 0 Å². The molecule has 0 aliphatic carbocycles. The zero-order chi connectivity index (χ0) is 11.9. The minimum Gasteiger partial charge on any atom is -0.460 e. The van der Waals surface area contributed by atoms with E-state index in [0.717, 1.165) is 0 Å². The van der Waals surface area contributed by atoms with E-state index in [9.17, 15) is 13.2 Å². The summed E-state index contributed by atoms with van der Waals surface area (Å²) < 4.78 is 31.3. The molecule has 0 atom stereocenters. The number of esters is 1. The van der Waals surface area contributed by atoms with Crippen LogP contribution in [-0.2, 0) is 23.8 Å². The number of hydrogen-bond donors (Lipinski definition) is 1. The molecular formula is C9H19NO5S. The molecule has 0 aliphatic rings. The molecule has 0 saturated carbocycles. The van der Waals surface area contributed by atoms with E-state index in [1.54, 1.807) is 6.92 Å². The number of carbonyl (C=O) groups excluding carboxylic acids is 1. The highest BCUT2D eigenvalue weighted by atomic mass is 32.2. The molecule has 0 saturated heterocycles. The van der Waals surface area contributed by atoms with Gasteiger partial charge in [0.05, 0.1) is 5.75 Å². The summed E-state index contributed by atoms with van der Waals surface area (Å²) in [5, 5.41) is 0. The largest absolute Gasteiger partial charge is 0.460 e. The summed E-state index contributed by atoms with van der Waals surface area (Å²) in [5.41, 5.74) is 0.270. The van der Waals surface area contributed by atoms with E-state index in [4.69, 9.17) is 0 Å². The predicted molar refractivity (Wildman–Crippen MR) is 60.8 cm³/mol. The zero-order valence-electron chi connectivity index (χ0n) is 9.69. The Bertz CT molecular complexity index is 323. The third-order valence-corrected chi connectivity index (χ3v) is 2.82. The van der Waals surface area contributed by atoms with Gasteiger partial charge >= 0.3 is 5.97 Å². The highest BCUT2D eigenvalue weighted by Crippen LogP contribution is 1.97. The number of hydrogen-bond acceptors (Lipinski definition) is 6. The van der Waals surface area contributed by atoms with E-state index >= 15 is 0 Å². The third-order valence-electron chi connectivity index (χ3n) is 1.38. The van der Waals surface area contributed by atoms with Crippen LogP contribution >= 0.6 is 0 Å². The van der Waals surface area contributed by atoms with Crippen molar-refractivity contribution in [3.8, 4) is 0 Å². The Kier molecular flexibility index (Phi) is 9.02. The number of rotatable bonds is 7. The van der Waals surface area contributed by atoms with Gasteiger partial charge in [-0.2, -0.15) is 8.42 Å². The Hall–Kier alpha value is -0.920. The first-order chi connectivity index (χ1) is 6.89. The van der Waals surface area contributed by atoms with Gasteiger partial charge in [-0.1, -0.05) is 13.5 Å². The van der Waals surface area contributed by atoms with Gasteiger partial charge in [-0.3, -0.25) is 4.18 Å². The summed E-state index contributed by atoms with van der Waals surface area (Å²) in [6.45, 7) is 6.39. The van der Waals surface area contributed by atoms with Gasteiger partial charge in [0.1, 0.15) is 13.2 Å². The van der Waals surface area contributed by atoms with Gasteiger partial charge in [0.25, 0.3) is 10.1 Å². The van der Waals surface area contributed by atoms with Gasteiger partial charge in [0, 0.05) is 5.57 Å². The fourth-order valence-corrected chi connectivity index (χ4v) is 1.67. The van der Waals surface area contributed by atoms with Gasteiger partial charge < -0.3 is 10.9 Å². The normalized spacial score (nSPS) is 10.4. The van der Waals surface area contributed by atoms with Crippen molar-refractivity contribution in [2.24, 2.45) is 0 Å². The van der Waals surface area contributed by atoms with Crippen LogP contribution in [0.25, 0.3) is 0 Å². The smallest absolute Gasteiger partial charge is 0.333 e. The maximum Gasteiger partial charge on any atom is 0.333 e. The fourth-order valence-electron chi connectivity index (χ4n) is 0.727. The minimum atomic E-state index is -3.46. The van der Waals surface area contributed by atoms with E-state index < -0.39 is 16.1 Å². The molecule has 0 aromatic heterocycles. The lowest BCUT2D eigenvalue weighted by atomic mass is 10.4. The fraction of sp³-hybridized carbons (Fsp3) is 0.667. The van der Waals surface area contributed by atoms with Gasteiger partial charge in [-0.05, 0) is 13.3 Å². The second-order valence-electron chi connectivity index (χ2n) is 3.00. The van der Waals surface area contributed by atoms with Crippen molar-refractivity contribution in [2.45, 2.75) is 20.3 Å². The molecule has 0 fully saturated rings. The number of carbonyl (C=O) groups is 1. The van der Waals surface area contributed by atoms with Crippen LogP contribution < -0.4 is 6.15 Å². The van der Waals surface area contributed by atoms with Crippen LogP contribution in [0.1, 0.15) is 20.3 Å². The molecule has 0 aliphatic heterocycles. The van der Waals surface area contributed by atoms with Crippen LogP contribution in [0.3, 0.4) is 0 Å². The average Bonchev–Trinajstić information content (AvgIpc) is 2.11.